The number of rotatable bonds is 3. The molecule has 2 heterocycles. The zero-order chi connectivity index (χ0) is 17.3. The summed E-state index contributed by atoms with van der Waals surface area (Å²) >= 11 is 0. The van der Waals surface area contributed by atoms with Crippen LogP contribution in [0.25, 0.3) is 0 Å². The van der Waals surface area contributed by atoms with Crippen LogP contribution in [0.2, 0.25) is 0 Å². The van der Waals surface area contributed by atoms with Crippen molar-refractivity contribution in [1.82, 2.24) is 19.2 Å². The van der Waals surface area contributed by atoms with Crippen LogP contribution in [0.15, 0.2) is 35.4 Å². The lowest BCUT2D eigenvalue weighted by molar-refractivity contribution is -0.137. The molecule has 1 fully saturated rings. The van der Waals surface area contributed by atoms with Crippen LogP contribution < -0.4 is 5.69 Å². The molecule has 1 aliphatic rings. The zero-order valence-corrected chi connectivity index (χ0v) is 14.5. The molecule has 0 N–H and O–H groups in total. The Labute approximate surface area is 141 Å². The predicted octanol–water partition coefficient (Wildman–Crippen LogP) is 1.89. The third-order valence-corrected chi connectivity index (χ3v) is 4.84. The lowest BCUT2D eigenvalue weighted by atomic mass is 9.85. The van der Waals surface area contributed by atoms with Crippen LogP contribution in [0.4, 0.5) is 0 Å². The van der Waals surface area contributed by atoms with Crippen LogP contribution in [-0.4, -0.2) is 31.7 Å². The van der Waals surface area contributed by atoms with E-state index in [1.807, 2.05) is 4.90 Å². The van der Waals surface area contributed by atoms with Gasteiger partial charge in [0.05, 0.1) is 6.04 Å². The molecule has 1 aromatic carbocycles. The molecule has 1 aliphatic heterocycles. The van der Waals surface area contributed by atoms with E-state index in [1.54, 1.807) is 7.05 Å². The van der Waals surface area contributed by atoms with Gasteiger partial charge in [0, 0.05) is 13.6 Å². The Hall–Kier alpha value is -2.37. The summed E-state index contributed by atoms with van der Waals surface area (Å²) in [6.07, 6.45) is 3.53. The number of carbonyl (C=O) groups is 1. The standard InChI is InChI=1S/C18H24N4O2/c1-13-6-8-15(9-7-13)17-14(2)5-4-10-21(17)16(23)11-22-18(24)20(3)12-19-22/h6-9,12,14,17H,4-5,10-11H2,1-3H3/t14-,17-/m0/s1. The second-order valence-corrected chi connectivity index (χ2v) is 6.74. The first kappa shape index (κ1) is 16.5. The highest BCUT2D eigenvalue weighted by Gasteiger charge is 2.33. The number of hydrogen-bond acceptors (Lipinski definition) is 3. The van der Waals surface area contributed by atoms with Gasteiger partial charge in [-0.1, -0.05) is 36.8 Å². The van der Waals surface area contributed by atoms with E-state index in [1.165, 1.54) is 21.1 Å². The molecule has 3 rings (SSSR count). The number of amides is 1. The third-order valence-electron chi connectivity index (χ3n) is 4.84. The number of carbonyl (C=O) groups excluding carboxylic acids is 1. The van der Waals surface area contributed by atoms with Crippen LogP contribution in [0.1, 0.15) is 36.9 Å². The van der Waals surface area contributed by atoms with Gasteiger partial charge in [0.2, 0.25) is 5.91 Å². The van der Waals surface area contributed by atoms with Gasteiger partial charge in [0.15, 0.2) is 0 Å². The number of likely N-dealkylation sites (tertiary alicyclic amines) is 1. The van der Waals surface area contributed by atoms with Gasteiger partial charge in [-0.05, 0) is 31.2 Å². The van der Waals surface area contributed by atoms with Crippen molar-refractivity contribution in [2.75, 3.05) is 6.54 Å². The van der Waals surface area contributed by atoms with Crippen molar-refractivity contribution in [2.45, 2.75) is 39.3 Å². The second-order valence-electron chi connectivity index (χ2n) is 6.74. The van der Waals surface area contributed by atoms with E-state index in [0.29, 0.717) is 5.92 Å². The van der Waals surface area contributed by atoms with E-state index in [-0.39, 0.29) is 24.2 Å². The van der Waals surface area contributed by atoms with Crippen molar-refractivity contribution >= 4 is 5.91 Å². The van der Waals surface area contributed by atoms with Crippen molar-refractivity contribution in [3.63, 3.8) is 0 Å². The Balaban J connectivity index is 1.85. The quantitative estimate of drug-likeness (QED) is 0.864. The van der Waals surface area contributed by atoms with Crippen LogP contribution in [0.3, 0.4) is 0 Å². The first-order valence-corrected chi connectivity index (χ1v) is 8.42. The first-order valence-electron chi connectivity index (χ1n) is 8.42. The number of aromatic nitrogens is 3. The Kier molecular flexibility index (Phi) is 4.55. The summed E-state index contributed by atoms with van der Waals surface area (Å²) in [5.74, 6) is 0.346. The molecule has 2 atom stereocenters. The minimum absolute atomic E-state index is 0.00520. The third kappa shape index (κ3) is 3.13. The average molecular weight is 328 g/mol. The van der Waals surface area contributed by atoms with E-state index >= 15 is 0 Å². The van der Waals surface area contributed by atoms with Crippen molar-refractivity contribution < 1.29 is 4.79 Å². The van der Waals surface area contributed by atoms with Crippen molar-refractivity contribution in [3.05, 3.63) is 52.2 Å². The van der Waals surface area contributed by atoms with E-state index in [9.17, 15) is 9.59 Å². The summed E-state index contributed by atoms with van der Waals surface area (Å²) < 4.78 is 2.61. The molecule has 0 saturated carbocycles. The second kappa shape index (κ2) is 6.63. The van der Waals surface area contributed by atoms with Gasteiger partial charge in [-0.15, -0.1) is 0 Å². The lowest BCUT2D eigenvalue weighted by Gasteiger charge is -2.40. The van der Waals surface area contributed by atoms with Crippen molar-refractivity contribution in [2.24, 2.45) is 13.0 Å². The van der Waals surface area contributed by atoms with Gasteiger partial charge >= 0.3 is 5.69 Å². The number of nitrogens with zero attached hydrogens (tertiary/aromatic N) is 4. The lowest BCUT2D eigenvalue weighted by Crippen LogP contribution is -2.44. The summed E-state index contributed by atoms with van der Waals surface area (Å²) in [7, 11) is 1.63. The summed E-state index contributed by atoms with van der Waals surface area (Å²) in [6.45, 7) is 4.97. The summed E-state index contributed by atoms with van der Waals surface area (Å²) in [5.41, 5.74) is 2.11. The molecule has 128 valence electrons. The Bertz CT molecular complexity index is 775. The van der Waals surface area contributed by atoms with E-state index < -0.39 is 0 Å². The molecule has 0 radical (unpaired) electrons. The number of piperidine rings is 1. The maximum Gasteiger partial charge on any atom is 0.345 e. The van der Waals surface area contributed by atoms with E-state index in [2.05, 4.69) is 43.2 Å². The highest BCUT2D eigenvalue weighted by molar-refractivity contribution is 5.76. The highest BCUT2D eigenvalue weighted by Crippen LogP contribution is 2.36. The summed E-state index contributed by atoms with van der Waals surface area (Å²) in [6, 6.07) is 8.45. The summed E-state index contributed by atoms with van der Waals surface area (Å²) in [4.78, 5) is 26.7. The van der Waals surface area contributed by atoms with Crippen molar-refractivity contribution in [1.29, 1.82) is 0 Å². The average Bonchev–Trinajstić information content (AvgIpc) is 2.88. The van der Waals surface area contributed by atoms with Gasteiger partial charge in [0.1, 0.15) is 12.9 Å². The van der Waals surface area contributed by atoms with Crippen LogP contribution in [-0.2, 0) is 18.4 Å². The monoisotopic (exact) mass is 328 g/mol. The Morgan fingerprint density at radius 2 is 2.00 bits per heavy atom. The molecule has 0 bridgehead atoms. The maximum absolute atomic E-state index is 12.8. The molecule has 6 nitrogen and oxygen atoms in total. The van der Waals surface area contributed by atoms with Crippen LogP contribution >= 0.6 is 0 Å². The molecule has 24 heavy (non-hydrogen) atoms. The fourth-order valence-electron chi connectivity index (χ4n) is 3.49. The van der Waals surface area contributed by atoms with Gasteiger partial charge in [-0.25, -0.2) is 9.48 Å². The molecular formula is C18H24N4O2. The fraction of sp³-hybridized carbons (Fsp3) is 0.500. The van der Waals surface area contributed by atoms with E-state index in [0.717, 1.165) is 24.9 Å². The maximum atomic E-state index is 12.8. The highest BCUT2D eigenvalue weighted by atomic mass is 16.2. The number of hydrogen-bond donors (Lipinski definition) is 0. The molecule has 6 heteroatoms. The zero-order valence-electron chi connectivity index (χ0n) is 14.5. The molecule has 2 aromatic rings. The molecule has 0 aliphatic carbocycles. The van der Waals surface area contributed by atoms with Crippen molar-refractivity contribution in [3.8, 4) is 0 Å². The predicted molar refractivity (Wildman–Crippen MR) is 91.5 cm³/mol. The minimum Gasteiger partial charge on any atom is -0.334 e. The first-order chi connectivity index (χ1) is 11.5. The SMILES string of the molecule is Cc1ccc([C@@H]2[C@@H](C)CCCN2C(=O)Cn2ncn(C)c2=O)cc1. The Morgan fingerprint density at radius 1 is 1.29 bits per heavy atom. The van der Waals surface area contributed by atoms with Crippen LogP contribution in [0.5, 0.6) is 0 Å². The minimum atomic E-state index is -0.264. The molecule has 0 spiro atoms. The smallest absolute Gasteiger partial charge is 0.334 e. The van der Waals surface area contributed by atoms with Gasteiger partial charge in [-0.2, -0.15) is 5.10 Å². The topological polar surface area (TPSA) is 60.1 Å². The molecular weight excluding hydrogens is 304 g/mol. The van der Waals surface area contributed by atoms with Crippen LogP contribution in [0, 0.1) is 12.8 Å². The van der Waals surface area contributed by atoms with Gasteiger partial charge in [0.25, 0.3) is 0 Å². The number of aryl methyl sites for hydroxylation is 2. The van der Waals surface area contributed by atoms with Gasteiger partial charge in [-0.3, -0.25) is 9.36 Å². The molecule has 0 unspecified atom stereocenters. The molecule has 1 amide bonds. The molecule has 1 saturated heterocycles. The molecule has 1 aromatic heterocycles. The fourth-order valence-corrected chi connectivity index (χ4v) is 3.49. The Morgan fingerprint density at radius 3 is 2.62 bits per heavy atom. The normalized spacial score (nSPS) is 21.0. The number of benzene rings is 1. The van der Waals surface area contributed by atoms with E-state index in [4.69, 9.17) is 0 Å². The summed E-state index contributed by atoms with van der Waals surface area (Å²) in [5, 5.41) is 4.00. The van der Waals surface area contributed by atoms with Gasteiger partial charge < -0.3 is 4.90 Å². The largest absolute Gasteiger partial charge is 0.345 e.